The summed E-state index contributed by atoms with van der Waals surface area (Å²) in [6, 6.07) is 12.1. The summed E-state index contributed by atoms with van der Waals surface area (Å²) in [7, 11) is 0. The fourth-order valence-corrected chi connectivity index (χ4v) is 1.82. The summed E-state index contributed by atoms with van der Waals surface area (Å²) in [5.74, 6) is -3.62. The second-order valence-corrected chi connectivity index (χ2v) is 4.74. The zero-order valence-corrected chi connectivity index (χ0v) is 12.1. The molecule has 0 bridgehead atoms. The molecule has 0 atom stereocenters. The van der Waals surface area contributed by atoms with Crippen LogP contribution < -0.4 is 10.1 Å². The van der Waals surface area contributed by atoms with Gasteiger partial charge >= 0.3 is 18.1 Å². The number of amides is 1. The van der Waals surface area contributed by atoms with Crippen LogP contribution in [0.4, 0.5) is 18.9 Å². The Morgan fingerprint density at radius 2 is 1.75 bits per heavy atom. The van der Waals surface area contributed by atoms with Crippen molar-refractivity contribution in [1.82, 2.24) is 0 Å². The van der Waals surface area contributed by atoms with Crippen LogP contribution in [0, 0.1) is 0 Å². The zero-order valence-electron chi connectivity index (χ0n) is 12.1. The van der Waals surface area contributed by atoms with Gasteiger partial charge < -0.3 is 15.2 Å². The second kappa shape index (κ2) is 7.03. The van der Waals surface area contributed by atoms with Gasteiger partial charge in [0.15, 0.2) is 0 Å². The number of ether oxygens (including phenoxy) is 1. The minimum atomic E-state index is -5.10. The molecule has 0 unspecified atom stereocenters. The van der Waals surface area contributed by atoms with Crippen molar-refractivity contribution < 1.29 is 32.6 Å². The fourth-order valence-electron chi connectivity index (χ4n) is 1.82. The Hall–Kier alpha value is -3.03. The van der Waals surface area contributed by atoms with Gasteiger partial charge in [0.2, 0.25) is 0 Å². The summed E-state index contributed by atoms with van der Waals surface area (Å²) in [6.07, 6.45) is -5.10. The van der Waals surface area contributed by atoms with Gasteiger partial charge in [0.25, 0.3) is 0 Å². The number of carboxylic acids is 1. The normalized spacial score (nSPS) is 11.0. The molecule has 0 radical (unpaired) electrons. The van der Waals surface area contributed by atoms with Gasteiger partial charge in [-0.25, -0.2) is 4.79 Å². The van der Waals surface area contributed by atoms with Crippen molar-refractivity contribution in [2.45, 2.75) is 12.8 Å². The lowest BCUT2D eigenvalue weighted by Gasteiger charge is -2.14. The highest BCUT2D eigenvalue weighted by Gasteiger charge is 2.39. The lowest BCUT2D eigenvalue weighted by Crippen LogP contribution is -2.30. The minimum absolute atomic E-state index is 0.0438. The summed E-state index contributed by atoms with van der Waals surface area (Å²) in [5.41, 5.74) is 0.112. The standard InChI is InChI=1S/C16H12F3NO4/c17-16(18,19)15(23)20-12-8-11(14(21)22)6-7-13(12)24-9-10-4-2-1-3-5-10/h1-8H,9H2,(H,20,23)(H,21,22). The molecule has 0 aliphatic heterocycles. The van der Waals surface area contributed by atoms with Crippen LogP contribution in [0.5, 0.6) is 5.75 Å². The minimum Gasteiger partial charge on any atom is -0.487 e. The first-order chi connectivity index (χ1) is 11.3. The molecule has 0 aliphatic carbocycles. The number of aromatic carboxylic acids is 1. The van der Waals surface area contributed by atoms with Gasteiger partial charge in [-0.05, 0) is 23.8 Å². The first kappa shape index (κ1) is 17.3. The van der Waals surface area contributed by atoms with Crippen LogP contribution in [0.15, 0.2) is 48.5 Å². The van der Waals surface area contributed by atoms with E-state index in [-0.39, 0.29) is 23.6 Å². The highest BCUT2D eigenvalue weighted by atomic mass is 19.4. The number of hydrogen-bond acceptors (Lipinski definition) is 3. The molecule has 2 aromatic carbocycles. The molecule has 1 amide bonds. The maximum atomic E-state index is 12.4. The van der Waals surface area contributed by atoms with Crippen LogP contribution in [0.2, 0.25) is 0 Å². The Kier molecular flexibility index (Phi) is 5.08. The number of rotatable bonds is 5. The van der Waals surface area contributed by atoms with Gasteiger partial charge in [-0.3, -0.25) is 4.79 Å². The molecular formula is C16H12F3NO4. The quantitative estimate of drug-likeness (QED) is 0.875. The summed E-state index contributed by atoms with van der Waals surface area (Å²) < 4.78 is 42.6. The molecule has 2 N–H and O–H groups in total. The van der Waals surface area contributed by atoms with Crippen LogP contribution >= 0.6 is 0 Å². The molecule has 0 saturated heterocycles. The third-order valence-corrected chi connectivity index (χ3v) is 2.97. The van der Waals surface area contributed by atoms with E-state index >= 15 is 0 Å². The van der Waals surface area contributed by atoms with Gasteiger partial charge in [-0.1, -0.05) is 30.3 Å². The average Bonchev–Trinajstić information content (AvgIpc) is 2.53. The summed E-state index contributed by atoms with van der Waals surface area (Å²) >= 11 is 0. The summed E-state index contributed by atoms with van der Waals surface area (Å²) in [5, 5.41) is 10.6. The Morgan fingerprint density at radius 3 is 2.33 bits per heavy atom. The molecule has 0 heterocycles. The smallest absolute Gasteiger partial charge is 0.471 e. The predicted octanol–water partition coefficient (Wildman–Crippen LogP) is 3.46. The number of alkyl halides is 3. The van der Waals surface area contributed by atoms with Crippen molar-refractivity contribution in [3.05, 3.63) is 59.7 Å². The van der Waals surface area contributed by atoms with E-state index < -0.39 is 18.1 Å². The maximum Gasteiger partial charge on any atom is 0.471 e. The van der Waals surface area contributed by atoms with E-state index in [2.05, 4.69) is 0 Å². The molecule has 0 fully saturated rings. The van der Waals surface area contributed by atoms with Gasteiger partial charge in [-0.15, -0.1) is 0 Å². The van der Waals surface area contributed by atoms with E-state index in [1.165, 1.54) is 12.1 Å². The molecule has 0 aromatic heterocycles. The van der Waals surface area contributed by atoms with Crippen molar-refractivity contribution >= 4 is 17.6 Å². The highest BCUT2D eigenvalue weighted by molar-refractivity contribution is 5.98. The predicted molar refractivity (Wildman–Crippen MR) is 78.9 cm³/mol. The maximum absolute atomic E-state index is 12.4. The SMILES string of the molecule is O=C(O)c1ccc(OCc2ccccc2)c(NC(=O)C(F)(F)F)c1. The Balaban J connectivity index is 2.25. The first-order valence-electron chi connectivity index (χ1n) is 6.69. The Bertz CT molecular complexity index is 745. The molecule has 0 spiro atoms. The molecule has 0 saturated carbocycles. The monoisotopic (exact) mass is 339 g/mol. The zero-order chi connectivity index (χ0) is 17.7. The third kappa shape index (κ3) is 4.48. The molecular weight excluding hydrogens is 327 g/mol. The number of nitrogens with one attached hydrogen (secondary N) is 1. The topological polar surface area (TPSA) is 75.6 Å². The van der Waals surface area contributed by atoms with E-state index in [0.717, 1.165) is 11.6 Å². The number of anilines is 1. The van der Waals surface area contributed by atoms with E-state index in [9.17, 15) is 22.8 Å². The van der Waals surface area contributed by atoms with Gasteiger partial charge in [0.1, 0.15) is 12.4 Å². The third-order valence-electron chi connectivity index (χ3n) is 2.97. The van der Waals surface area contributed by atoms with Crippen molar-refractivity contribution in [3.63, 3.8) is 0 Å². The molecule has 2 aromatic rings. The van der Waals surface area contributed by atoms with Gasteiger partial charge in [0, 0.05) is 0 Å². The van der Waals surface area contributed by atoms with Gasteiger partial charge in [-0.2, -0.15) is 13.2 Å². The first-order valence-corrected chi connectivity index (χ1v) is 6.69. The van der Waals surface area contributed by atoms with Crippen LogP contribution in [-0.4, -0.2) is 23.2 Å². The van der Waals surface area contributed by atoms with Gasteiger partial charge in [0.05, 0.1) is 11.3 Å². The van der Waals surface area contributed by atoms with Crippen molar-refractivity contribution in [1.29, 1.82) is 0 Å². The van der Waals surface area contributed by atoms with Crippen LogP contribution in [0.1, 0.15) is 15.9 Å². The number of carbonyl (C=O) groups is 2. The van der Waals surface area contributed by atoms with E-state index in [4.69, 9.17) is 9.84 Å². The van der Waals surface area contributed by atoms with Crippen LogP contribution in [0.25, 0.3) is 0 Å². The molecule has 5 nitrogen and oxygen atoms in total. The van der Waals surface area contributed by atoms with Crippen molar-refractivity contribution in [2.75, 3.05) is 5.32 Å². The highest BCUT2D eigenvalue weighted by Crippen LogP contribution is 2.29. The number of carboxylic acid groups (broad SMARTS) is 1. The number of hydrogen-bond donors (Lipinski definition) is 2. The molecule has 8 heteroatoms. The largest absolute Gasteiger partial charge is 0.487 e. The van der Waals surface area contributed by atoms with E-state index in [1.54, 1.807) is 35.6 Å². The number of benzene rings is 2. The Labute approximate surface area is 134 Å². The Morgan fingerprint density at radius 1 is 1.08 bits per heavy atom. The fraction of sp³-hybridized carbons (Fsp3) is 0.125. The van der Waals surface area contributed by atoms with E-state index in [1.807, 2.05) is 0 Å². The number of carbonyl (C=O) groups excluding carboxylic acids is 1. The molecule has 126 valence electrons. The van der Waals surface area contributed by atoms with Crippen molar-refractivity contribution in [2.24, 2.45) is 0 Å². The lowest BCUT2D eigenvalue weighted by molar-refractivity contribution is -0.167. The average molecular weight is 339 g/mol. The molecule has 0 aliphatic rings. The van der Waals surface area contributed by atoms with Crippen molar-refractivity contribution in [3.8, 4) is 5.75 Å². The van der Waals surface area contributed by atoms with Crippen LogP contribution in [0.3, 0.4) is 0 Å². The molecule has 24 heavy (non-hydrogen) atoms. The molecule has 2 rings (SSSR count). The lowest BCUT2D eigenvalue weighted by atomic mass is 10.2. The second-order valence-electron chi connectivity index (χ2n) is 4.74. The number of halogens is 3. The van der Waals surface area contributed by atoms with Crippen LogP contribution in [-0.2, 0) is 11.4 Å². The summed E-state index contributed by atoms with van der Waals surface area (Å²) in [6.45, 7) is 0.0438. The summed E-state index contributed by atoms with van der Waals surface area (Å²) in [4.78, 5) is 22.1. The van der Waals surface area contributed by atoms with E-state index in [0.29, 0.717) is 0 Å².